The smallest absolute Gasteiger partial charge is 0.261 e. The van der Waals surface area contributed by atoms with Crippen molar-refractivity contribution in [2.24, 2.45) is 14.1 Å². The fraction of sp³-hybridized carbons (Fsp3) is 0.273. The molecule has 288 valence electrons. The van der Waals surface area contributed by atoms with Crippen molar-refractivity contribution in [1.29, 1.82) is 0 Å². The highest BCUT2D eigenvalue weighted by atomic mass is 79.9. The first-order chi connectivity index (χ1) is 26.6. The molecule has 8 rings (SSSR count). The summed E-state index contributed by atoms with van der Waals surface area (Å²) in [4.78, 5) is 39.0. The predicted molar refractivity (Wildman–Crippen MR) is 225 cm³/mol. The number of aromatic nitrogens is 4. The van der Waals surface area contributed by atoms with E-state index in [2.05, 4.69) is 48.5 Å². The number of likely N-dealkylation sites (tertiary alicyclic amines) is 2. The molecule has 12 heteroatoms. The van der Waals surface area contributed by atoms with Crippen LogP contribution in [-0.2, 0) is 27.2 Å². The SMILES string of the molecule is C#Cc1cccc(F)c1.Cl.Cn1c(CN2CCCC2)nc2cc(Br)ccc2c1=O.Cn1c(CN2CCCC2)nc2cc(C#Cc3cccc(F)c3)ccc2c1=O. The van der Waals surface area contributed by atoms with Gasteiger partial charge in [0.25, 0.3) is 11.1 Å². The van der Waals surface area contributed by atoms with E-state index in [1.54, 1.807) is 52.6 Å². The van der Waals surface area contributed by atoms with Crippen molar-refractivity contribution in [2.75, 3.05) is 26.2 Å². The van der Waals surface area contributed by atoms with Gasteiger partial charge in [-0.15, -0.1) is 18.8 Å². The number of benzene rings is 4. The minimum absolute atomic E-state index is 0. The second-order valence-corrected chi connectivity index (χ2v) is 14.5. The molecule has 0 aliphatic carbocycles. The van der Waals surface area contributed by atoms with Crippen LogP contribution in [-0.4, -0.2) is 55.1 Å². The predicted octanol–water partition coefficient (Wildman–Crippen LogP) is 7.59. The van der Waals surface area contributed by atoms with Crippen molar-refractivity contribution >= 4 is 50.1 Å². The maximum atomic E-state index is 13.3. The van der Waals surface area contributed by atoms with E-state index in [9.17, 15) is 18.4 Å². The van der Waals surface area contributed by atoms with E-state index in [4.69, 9.17) is 11.4 Å². The number of hydrogen-bond acceptors (Lipinski definition) is 6. The summed E-state index contributed by atoms with van der Waals surface area (Å²) in [5, 5.41) is 1.26. The molecule has 2 aliphatic heterocycles. The van der Waals surface area contributed by atoms with Crippen LogP contribution in [0.2, 0.25) is 0 Å². The Balaban J connectivity index is 0.000000179. The van der Waals surface area contributed by atoms with E-state index in [1.165, 1.54) is 49.9 Å². The third-order valence-corrected chi connectivity index (χ3v) is 10.1. The molecule has 2 aromatic heterocycles. The first kappa shape index (κ1) is 42.0. The molecule has 6 aromatic rings. The molecular formula is C44H42BrClF2N6O2. The standard InChI is InChI=1S/C22H20FN3O.C14H16BrN3O.C8H5F.ClH/c1-25-21(15-26-11-2-3-12-26)24-20-14-17(9-10-19(20)22(25)27)8-7-16-5-4-6-18(23)13-16;1-17-13(9-18-6-2-3-7-18)16-12-8-10(15)4-5-11(12)14(17)19;1-2-7-4-3-5-8(9)6-7;/h4-6,9-10,13-14H,2-3,11-12,15H2,1H3;4-5,8H,2-3,6-7,9H2,1H3;1,3-6H;1H. The minimum atomic E-state index is -0.308. The molecule has 4 heterocycles. The normalized spacial score (nSPS) is 13.8. The molecule has 56 heavy (non-hydrogen) atoms. The van der Waals surface area contributed by atoms with Crippen LogP contribution in [0.3, 0.4) is 0 Å². The van der Waals surface area contributed by atoms with Crippen molar-refractivity contribution in [3.05, 3.63) is 150 Å². The summed E-state index contributed by atoms with van der Waals surface area (Å²) >= 11 is 3.43. The number of fused-ring (bicyclic) bond motifs is 2. The van der Waals surface area contributed by atoms with Crippen LogP contribution in [0, 0.1) is 35.8 Å². The van der Waals surface area contributed by atoms with Crippen LogP contribution in [0.1, 0.15) is 54.0 Å². The minimum Gasteiger partial charge on any atom is -0.298 e. The molecule has 2 aliphatic rings. The molecule has 8 nitrogen and oxygen atoms in total. The molecule has 0 unspecified atom stereocenters. The lowest BCUT2D eigenvalue weighted by molar-refractivity contribution is 0.317. The Labute approximate surface area is 339 Å². The number of terminal acetylenes is 1. The Bertz CT molecular complexity index is 2560. The molecule has 0 N–H and O–H groups in total. The highest BCUT2D eigenvalue weighted by Crippen LogP contribution is 2.18. The molecule has 0 atom stereocenters. The highest BCUT2D eigenvalue weighted by molar-refractivity contribution is 9.10. The van der Waals surface area contributed by atoms with Gasteiger partial charge < -0.3 is 0 Å². The summed E-state index contributed by atoms with van der Waals surface area (Å²) in [5.74, 6) is 9.33. The lowest BCUT2D eigenvalue weighted by atomic mass is 10.1. The van der Waals surface area contributed by atoms with Crippen molar-refractivity contribution in [3.8, 4) is 24.2 Å². The first-order valence-electron chi connectivity index (χ1n) is 18.2. The Morgan fingerprint density at radius 1 is 0.643 bits per heavy atom. The van der Waals surface area contributed by atoms with Crippen LogP contribution in [0.15, 0.2) is 99.0 Å². The van der Waals surface area contributed by atoms with Gasteiger partial charge in [0.2, 0.25) is 0 Å². The maximum absolute atomic E-state index is 13.3. The second-order valence-electron chi connectivity index (χ2n) is 13.6. The largest absolute Gasteiger partial charge is 0.298 e. The molecule has 0 spiro atoms. The van der Waals surface area contributed by atoms with E-state index in [0.29, 0.717) is 34.0 Å². The van der Waals surface area contributed by atoms with Gasteiger partial charge in [0, 0.05) is 35.3 Å². The molecule has 0 radical (unpaired) electrons. The van der Waals surface area contributed by atoms with E-state index >= 15 is 0 Å². The van der Waals surface area contributed by atoms with Gasteiger partial charge in [-0.25, -0.2) is 18.7 Å². The molecule has 2 saturated heterocycles. The third-order valence-electron chi connectivity index (χ3n) is 9.60. The van der Waals surface area contributed by atoms with Gasteiger partial charge in [0.15, 0.2) is 0 Å². The fourth-order valence-corrected chi connectivity index (χ4v) is 6.89. The summed E-state index contributed by atoms with van der Waals surface area (Å²) in [5.41, 5.74) is 3.35. The Morgan fingerprint density at radius 2 is 1.09 bits per heavy atom. The average Bonchev–Trinajstić information content (AvgIpc) is 3.90. The lowest BCUT2D eigenvalue weighted by Gasteiger charge is -2.16. The van der Waals surface area contributed by atoms with Gasteiger partial charge in [0.1, 0.15) is 23.3 Å². The Morgan fingerprint density at radius 3 is 1.57 bits per heavy atom. The van der Waals surface area contributed by atoms with Crippen LogP contribution in [0.5, 0.6) is 0 Å². The summed E-state index contributed by atoms with van der Waals surface area (Å²) in [6, 6.07) is 23.2. The van der Waals surface area contributed by atoms with Crippen LogP contribution >= 0.6 is 28.3 Å². The van der Waals surface area contributed by atoms with Crippen LogP contribution in [0.25, 0.3) is 21.8 Å². The van der Waals surface area contributed by atoms with Crippen molar-refractivity contribution in [2.45, 2.75) is 38.8 Å². The Hall–Kier alpha value is -5.17. The maximum Gasteiger partial charge on any atom is 0.261 e. The molecule has 2 fully saturated rings. The zero-order chi connectivity index (χ0) is 38.9. The Kier molecular flexibility index (Phi) is 14.7. The number of hydrogen-bond donors (Lipinski definition) is 0. The number of nitrogens with zero attached hydrogens (tertiary/aromatic N) is 6. The molecular weight excluding hydrogens is 798 g/mol. The lowest BCUT2D eigenvalue weighted by Crippen LogP contribution is -2.28. The number of halogens is 4. The summed E-state index contributed by atoms with van der Waals surface area (Å²) in [6.07, 6.45) is 9.88. The van der Waals surface area contributed by atoms with Crippen molar-refractivity contribution < 1.29 is 8.78 Å². The topological polar surface area (TPSA) is 76.3 Å². The summed E-state index contributed by atoms with van der Waals surface area (Å²) in [6.45, 7) is 5.74. The van der Waals surface area contributed by atoms with E-state index in [1.807, 2.05) is 31.3 Å². The fourth-order valence-electron chi connectivity index (χ4n) is 6.54. The van der Waals surface area contributed by atoms with E-state index in [0.717, 1.165) is 59.9 Å². The van der Waals surface area contributed by atoms with Crippen molar-refractivity contribution in [1.82, 2.24) is 28.9 Å². The van der Waals surface area contributed by atoms with Gasteiger partial charge in [-0.2, -0.15) is 0 Å². The van der Waals surface area contributed by atoms with Gasteiger partial charge in [-0.1, -0.05) is 45.8 Å². The van der Waals surface area contributed by atoms with Crippen LogP contribution in [0.4, 0.5) is 8.78 Å². The van der Waals surface area contributed by atoms with Gasteiger partial charge in [0.05, 0.1) is 34.9 Å². The molecule has 0 bridgehead atoms. The molecule has 4 aromatic carbocycles. The van der Waals surface area contributed by atoms with Crippen LogP contribution < -0.4 is 11.1 Å². The third kappa shape index (κ3) is 10.8. The van der Waals surface area contributed by atoms with E-state index in [-0.39, 0.29) is 35.2 Å². The van der Waals surface area contributed by atoms with Gasteiger partial charge >= 0.3 is 0 Å². The van der Waals surface area contributed by atoms with Gasteiger partial charge in [-0.3, -0.25) is 28.5 Å². The highest BCUT2D eigenvalue weighted by Gasteiger charge is 2.17. The van der Waals surface area contributed by atoms with E-state index < -0.39 is 0 Å². The zero-order valence-electron chi connectivity index (χ0n) is 31.3. The summed E-state index contributed by atoms with van der Waals surface area (Å²) in [7, 11) is 3.58. The summed E-state index contributed by atoms with van der Waals surface area (Å²) < 4.78 is 29.8. The first-order valence-corrected chi connectivity index (χ1v) is 19.0. The molecule has 0 saturated carbocycles. The second kappa shape index (κ2) is 19.6. The zero-order valence-corrected chi connectivity index (χ0v) is 33.7. The molecule has 0 amide bonds. The number of rotatable bonds is 4. The van der Waals surface area contributed by atoms with Crippen molar-refractivity contribution in [3.63, 3.8) is 0 Å². The quantitative estimate of drug-likeness (QED) is 0.171. The monoisotopic (exact) mass is 838 g/mol. The average molecular weight is 840 g/mol. The van der Waals surface area contributed by atoms with Gasteiger partial charge in [-0.05, 0) is 125 Å².